The maximum atomic E-state index is 14.6. The van der Waals surface area contributed by atoms with E-state index in [4.69, 9.17) is 0 Å². The molecule has 0 aliphatic carbocycles. The van der Waals surface area contributed by atoms with Crippen LogP contribution in [-0.2, 0) is 16.2 Å². The molecule has 3 aromatic carbocycles. The topological polar surface area (TPSA) is 81.5 Å². The third-order valence-corrected chi connectivity index (χ3v) is 4.50. The Morgan fingerprint density at radius 2 is 1.86 bits per heavy atom. The second kappa shape index (κ2) is 8.97. The lowest BCUT2D eigenvalue weighted by Crippen LogP contribution is -2.19. The molecule has 0 aliphatic rings. The molecular weight excluding hydrogens is 375 g/mol. The lowest BCUT2D eigenvalue weighted by molar-refractivity contribution is -0.763. The largest absolute Gasteiger partial charge is 0.326 e. The molecule has 6 nitrogen and oxygen atoms in total. The second-order valence-electron chi connectivity index (χ2n) is 6.51. The molecule has 0 radical (unpaired) electrons. The number of amides is 1. The summed E-state index contributed by atoms with van der Waals surface area (Å²) in [5, 5.41) is 12.2. The van der Waals surface area contributed by atoms with Gasteiger partial charge in [0.25, 0.3) is 5.09 Å². The van der Waals surface area contributed by atoms with E-state index in [1.54, 1.807) is 43.3 Å². The molecule has 0 spiro atoms. The first kappa shape index (κ1) is 20.0. The predicted molar refractivity (Wildman–Crippen MR) is 107 cm³/mol. The fraction of sp³-hybridized carbons (Fsp3) is 0.136. The van der Waals surface area contributed by atoms with Gasteiger partial charge in [-0.2, -0.15) is 0 Å². The van der Waals surface area contributed by atoms with Crippen molar-refractivity contribution in [3.8, 4) is 11.1 Å². The molecular formula is C22H19FN2O4. The van der Waals surface area contributed by atoms with Gasteiger partial charge < -0.3 is 10.2 Å². The van der Waals surface area contributed by atoms with Gasteiger partial charge in [-0.15, -0.1) is 10.1 Å². The van der Waals surface area contributed by atoms with Crippen molar-refractivity contribution in [2.24, 2.45) is 0 Å². The number of anilines is 1. The first-order valence-electron chi connectivity index (χ1n) is 8.96. The SMILES string of the molecule is CC(C(=O)Nc1cccc(CO[N+](=O)[O-])c1)c1ccc(-c2ccccc2)c(F)c1. The average Bonchev–Trinajstić information content (AvgIpc) is 2.72. The summed E-state index contributed by atoms with van der Waals surface area (Å²) >= 11 is 0. The molecule has 7 heteroatoms. The molecule has 0 aromatic heterocycles. The quantitative estimate of drug-likeness (QED) is 0.454. The maximum Gasteiger partial charge on any atom is 0.294 e. The summed E-state index contributed by atoms with van der Waals surface area (Å²) < 4.78 is 14.6. The molecule has 148 valence electrons. The van der Waals surface area contributed by atoms with Crippen molar-refractivity contribution < 1.29 is 19.1 Å². The van der Waals surface area contributed by atoms with E-state index in [2.05, 4.69) is 10.2 Å². The first-order chi connectivity index (χ1) is 13.9. The molecule has 3 rings (SSSR count). The summed E-state index contributed by atoms with van der Waals surface area (Å²) in [5.74, 6) is -1.30. The van der Waals surface area contributed by atoms with E-state index in [1.165, 1.54) is 6.07 Å². The molecule has 3 aromatic rings. The molecule has 29 heavy (non-hydrogen) atoms. The Balaban J connectivity index is 1.71. The van der Waals surface area contributed by atoms with Crippen LogP contribution >= 0.6 is 0 Å². The summed E-state index contributed by atoms with van der Waals surface area (Å²) in [6.07, 6.45) is 0. The van der Waals surface area contributed by atoms with Crippen LogP contribution in [0.4, 0.5) is 10.1 Å². The molecule has 1 atom stereocenters. The summed E-state index contributed by atoms with van der Waals surface area (Å²) in [6, 6.07) is 20.5. The lowest BCUT2D eigenvalue weighted by Gasteiger charge is -2.14. The number of hydrogen-bond acceptors (Lipinski definition) is 4. The number of rotatable bonds is 7. The van der Waals surface area contributed by atoms with Crippen molar-refractivity contribution >= 4 is 11.6 Å². The van der Waals surface area contributed by atoms with Crippen LogP contribution < -0.4 is 5.32 Å². The Bertz CT molecular complexity index is 1020. The number of halogens is 1. The van der Waals surface area contributed by atoms with Crippen molar-refractivity contribution in [2.45, 2.75) is 19.4 Å². The van der Waals surface area contributed by atoms with E-state index >= 15 is 0 Å². The molecule has 1 amide bonds. The number of carbonyl (C=O) groups excluding carboxylic acids is 1. The molecule has 0 fully saturated rings. The van der Waals surface area contributed by atoms with Crippen LogP contribution in [0.2, 0.25) is 0 Å². The van der Waals surface area contributed by atoms with Gasteiger partial charge in [0.05, 0.1) is 5.92 Å². The van der Waals surface area contributed by atoms with Gasteiger partial charge in [0.1, 0.15) is 12.4 Å². The Morgan fingerprint density at radius 3 is 2.55 bits per heavy atom. The minimum absolute atomic E-state index is 0.210. The molecule has 1 unspecified atom stereocenters. The van der Waals surface area contributed by atoms with E-state index < -0.39 is 16.8 Å². The Labute approximate surface area is 167 Å². The van der Waals surface area contributed by atoms with E-state index in [0.717, 1.165) is 5.56 Å². The third kappa shape index (κ3) is 5.16. The van der Waals surface area contributed by atoms with Crippen LogP contribution in [0.15, 0.2) is 72.8 Å². The Hall–Kier alpha value is -3.74. The molecule has 0 aliphatic heterocycles. The van der Waals surface area contributed by atoms with Crippen molar-refractivity contribution in [1.82, 2.24) is 0 Å². The van der Waals surface area contributed by atoms with Crippen LogP contribution in [0.5, 0.6) is 0 Å². The second-order valence-corrected chi connectivity index (χ2v) is 6.51. The molecule has 0 heterocycles. The third-order valence-electron chi connectivity index (χ3n) is 4.50. The molecule has 0 saturated heterocycles. The average molecular weight is 394 g/mol. The van der Waals surface area contributed by atoms with Gasteiger partial charge >= 0.3 is 0 Å². The van der Waals surface area contributed by atoms with Crippen LogP contribution in [0.25, 0.3) is 11.1 Å². The van der Waals surface area contributed by atoms with Crippen LogP contribution in [0, 0.1) is 15.9 Å². The fourth-order valence-electron chi connectivity index (χ4n) is 2.92. The summed E-state index contributed by atoms with van der Waals surface area (Å²) in [4.78, 5) is 27.2. The van der Waals surface area contributed by atoms with Crippen LogP contribution in [0.1, 0.15) is 24.0 Å². The van der Waals surface area contributed by atoms with Gasteiger partial charge in [-0.25, -0.2) is 4.39 Å². The van der Waals surface area contributed by atoms with E-state index in [-0.39, 0.29) is 12.5 Å². The minimum atomic E-state index is -0.874. The highest BCUT2D eigenvalue weighted by molar-refractivity contribution is 5.95. The van der Waals surface area contributed by atoms with Crippen molar-refractivity contribution in [1.29, 1.82) is 0 Å². The van der Waals surface area contributed by atoms with Gasteiger partial charge in [-0.05, 0) is 41.8 Å². The molecule has 0 saturated carbocycles. The van der Waals surface area contributed by atoms with E-state index in [9.17, 15) is 19.3 Å². The predicted octanol–water partition coefficient (Wildman–Crippen LogP) is 4.94. The number of carbonyl (C=O) groups is 1. The monoisotopic (exact) mass is 394 g/mol. The standard InChI is InChI=1S/C22H19FN2O4/c1-15(18-10-11-20(21(23)13-18)17-7-3-2-4-8-17)22(26)24-19-9-5-6-16(12-19)14-29-25(27)28/h2-13,15H,14H2,1H3,(H,24,26). The van der Waals surface area contributed by atoms with Crippen molar-refractivity contribution in [2.75, 3.05) is 5.32 Å². The lowest BCUT2D eigenvalue weighted by atomic mass is 9.96. The Kier molecular flexibility index (Phi) is 6.19. The summed E-state index contributed by atoms with van der Waals surface area (Å²) in [7, 11) is 0. The number of hydrogen-bond donors (Lipinski definition) is 1. The number of nitrogens with one attached hydrogen (secondary N) is 1. The Morgan fingerprint density at radius 1 is 1.10 bits per heavy atom. The fourth-order valence-corrected chi connectivity index (χ4v) is 2.92. The smallest absolute Gasteiger partial charge is 0.294 e. The van der Waals surface area contributed by atoms with Gasteiger partial charge in [0, 0.05) is 11.3 Å². The van der Waals surface area contributed by atoms with Crippen molar-refractivity contribution in [3.05, 3.63) is 99.9 Å². The van der Waals surface area contributed by atoms with Crippen LogP contribution in [-0.4, -0.2) is 11.0 Å². The minimum Gasteiger partial charge on any atom is -0.326 e. The first-order valence-corrected chi connectivity index (χ1v) is 8.96. The highest BCUT2D eigenvalue weighted by Gasteiger charge is 2.17. The normalized spacial score (nSPS) is 11.5. The zero-order valence-corrected chi connectivity index (χ0v) is 15.7. The summed E-state index contributed by atoms with van der Waals surface area (Å²) in [5.41, 5.74) is 2.81. The van der Waals surface area contributed by atoms with Crippen molar-refractivity contribution in [3.63, 3.8) is 0 Å². The summed E-state index contributed by atoms with van der Waals surface area (Å²) in [6.45, 7) is 1.48. The zero-order chi connectivity index (χ0) is 20.8. The van der Waals surface area contributed by atoms with Crippen LogP contribution in [0.3, 0.4) is 0 Å². The van der Waals surface area contributed by atoms with E-state index in [1.807, 2.05) is 30.3 Å². The van der Waals surface area contributed by atoms with E-state index in [0.29, 0.717) is 22.4 Å². The number of nitrogens with zero attached hydrogens (tertiary/aromatic N) is 1. The molecule has 1 N–H and O–H groups in total. The highest BCUT2D eigenvalue weighted by atomic mass is 19.1. The maximum absolute atomic E-state index is 14.6. The van der Waals surface area contributed by atoms with Gasteiger partial charge in [0.2, 0.25) is 5.91 Å². The molecule has 0 bridgehead atoms. The number of benzene rings is 3. The van der Waals surface area contributed by atoms with Gasteiger partial charge in [-0.1, -0.05) is 54.6 Å². The zero-order valence-electron chi connectivity index (χ0n) is 15.7. The van der Waals surface area contributed by atoms with Gasteiger partial charge in [0.15, 0.2) is 0 Å². The van der Waals surface area contributed by atoms with Gasteiger partial charge in [-0.3, -0.25) is 4.79 Å². The highest BCUT2D eigenvalue weighted by Crippen LogP contribution is 2.27.